The van der Waals surface area contributed by atoms with Crippen molar-refractivity contribution in [2.45, 2.75) is 11.3 Å². The van der Waals surface area contributed by atoms with Gasteiger partial charge in [-0.25, -0.2) is 8.42 Å². The lowest BCUT2D eigenvalue weighted by Crippen LogP contribution is -2.32. The highest BCUT2D eigenvalue weighted by Crippen LogP contribution is 2.28. The van der Waals surface area contributed by atoms with E-state index in [-0.39, 0.29) is 0 Å². The highest BCUT2D eigenvalue weighted by Gasteiger charge is 2.22. The number of fused-ring (bicyclic) bond motifs is 1. The van der Waals surface area contributed by atoms with Gasteiger partial charge in [-0.15, -0.1) is 0 Å². The average molecular weight is 270 g/mol. The minimum Gasteiger partial charge on any atom is -0.493 e. The molecule has 1 N–H and O–H groups in total. The monoisotopic (exact) mass is 270 g/mol. The molecule has 0 fully saturated rings. The first-order valence-electron chi connectivity index (χ1n) is 5.92. The van der Waals surface area contributed by atoms with Crippen LogP contribution in [0.4, 0.5) is 0 Å². The van der Waals surface area contributed by atoms with E-state index in [9.17, 15) is 8.42 Å². The van der Waals surface area contributed by atoms with Gasteiger partial charge in [-0.1, -0.05) is 0 Å². The van der Waals surface area contributed by atoms with Crippen molar-refractivity contribution in [3.8, 4) is 5.75 Å². The van der Waals surface area contributed by atoms with Crippen LogP contribution in [0.3, 0.4) is 0 Å². The zero-order valence-corrected chi connectivity index (χ0v) is 11.5. The molecule has 2 rings (SSSR count). The van der Waals surface area contributed by atoms with Gasteiger partial charge in [0.1, 0.15) is 5.75 Å². The van der Waals surface area contributed by atoms with Crippen LogP contribution in [0.2, 0.25) is 0 Å². The van der Waals surface area contributed by atoms with E-state index in [1.165, 1.54) is 4.31 Å². The minimum atomic E-state index is -3.40. The van der Waals surface area contributed by atoms with Crippen LogP contribution in [0.5, 0.6) is 5.75 Å². The lowest BCUT2D eigenvalue weighted by molar-refractivity contribution is 0.356. The van der Waals surface area contributed by atoms with Crippen LogP contribution in [-0.2, 0) is 16.4 Å². The van der Waals surface area contributed by atoms with Crippen molar-refractivity contribution in [3.05, 3.63) is 23.8 Å². The van der Waals surface area contributed by atoms with Gasteiger partial charge >= 0.3 is 0 Å². The van der Waals surface area contributed by atoms with E-state index in [2.05, 4.69) is 5.32 Å². The molecule has 1 aromatic carbocycles. The van der Waals surface area contributed by atoms with Crippen LogP contribution in [0, 0.1) is 0 Å². The summed E-state index contributed by atoms with van der Waals surface area (Å²) in [5.74, 6) is 0.798. The first-order chi connectivity index (χ1) is 8.55. The largest absolute Gasteiger partial charge is 0.493 e. The molecule has 0 unspecified atom stereocenters. The fourth-order valence-electron chi connectivity index (χ4n) is 1.89. The molecule has 0 saturated carbocycles. The summed E-state index contributed by atoms with van der Waals surface area (Å²) in [5.41, 5.74) is 0.970. The number of nitrogens with zero attached hydrogens (tertiary/aromatic N) is 1. The molecule has 6 heteroatoms. The number of ether oxygens (including phenoxy) is 1. The van der Waals surface area contributed by atoms with Gasteiger partial charge in [-0.3, -0.25) is 0 Å². The van der Waals surface area contributed by atoms with Gasteiger partial charge in [0.15, 0.2) is 0 Å². The van der Waals surface area contributed by atoms with Crippen molar-refractivity contribution in [1.29, 1.82) is 0 Å². The fourth-order valence-corrected chi connectivity index (χ4v) is 3.12. The summed E-state index contributed by atoms with van der Waals surface area (Å²) in [5, 5.41) is 2.94. The third-order valence-corrected chi connectivity index (χ3v) is 4.90. The summed E-state index contributed by atoms with van der Waals surface area (Å²) in [4.78, 5) is 0.338. The third kappa shape index (κ3) is 2.50. The Balaban J connectivity index is 2.24. The standard InChI is InChI=1S/C12H18N2O3S/c1-13-6-7-14(2)18(15,16)11-3-4-12-10(9-11)5-8-17-12/h3-4,9,13H,5-8H2,1-2H3. The van der Waals surface area contributed by atoms with Gasteiger partial charge < -0.3 is 10.1 Å². The molecule has 18 heavy (non-hydrogen) atoms. The third-order valence-electron chi connectivity index (χ3n) is 3.05. The summed E-state index contributed by atoms with van der Waals surface area (Å²) in [6.45, 7) is 1.71. The molecule has 1 aliphatic heterocycles. The van der Waals surface area contributed by atoms with E-state index in [1.807, 2.05) is 0 Å². The Labute approximate surface area is 108 Å². The second-order valence-electron chi connectivity index (χ2n) is 4.30. The van der Waals surface area contributed by atoms with E-state index in [0.717, 1.165) is 17.7 Å². The molecule has 1 heterocycles. The number of hydrogen-bond acceptors (Lipinski definition) is 4. The van der Waals surface area contributed by atoms with E-state index in [1.54, 1.807) is 32.3 Å². The molecule has 0 aromatic heterocycles. The predicted octanol–water partition coefficient (Wildman–Crippen LogP) is 0.461. The molecule has 1 aromatic rings. The molecule has 0 atom stereocenters. The normalized spacial score (nSPS) is 14.6. The zero-order chi connectivity index (χ0) is 13.2. The summed E-state index contributed by atoms with van der Waals surface area (Å²) >= 11 is 0. The molecule has 100 valence electrons. The van der Waals surface area contributed by atoms with Crippen LogP contribution in [0.15, 0.2) is 23.1 Å². The van der Waals surface area contributed by atoms with Crippen molar-refractivity contribution >= 4 is 10.0 Å². The van der Waals surface area contributed by atoms with Crippen molar-refractivity contribution in [2.24, 2.45) is 0 Å². The van der Waals surface area contributed by atoms with Gasteiger partial charge in [0.05, 0.1) is 11.5 Å². The highest BCUT2D eigenvalue weighted by molar-refractivity contribution is 7.89. The Hall–Kier alpha value is -1.11. The maximum Gasteiger partial charge on any atom is 0.242 e. The quantitative estimate of drug-likeness (QED) is 0.844. The molecule has 1 aliphatic rings. The number of benzene rings is 1. The predicted molar refractivity (Wildman–Crippen MR) is 69.4 cm³/mol. The van der Waals surface area contributed by atoms with Crippen LogP contribution >= 0.6 is 0 Å². The Kier molecular flexibility index (Phi) is 3.89. The van der Waals surface area contributed by atoms with Crippen LogP contribution in [0.1, 0.15) is 5.56 Å². The van der Waals surface area contributed by atoms with E-state index < -0.39 is 10.0 Å². The topological polar surface area (TPSA) is 58.6 Å². The molecule has 0 saturated heterocycles. The van der Waals surface area contributed by atoms with Crippen LogP contribution in [0.25, 0.3) is 0 Å². The van der Waals surface area contributed by atoms with Crippen LogP contribution < -0.4 is 10.1 Å². The second-order valence-corrected chi connectivity index (χ2v) is 6.34. The Morgan fingerprint density at radius 1 is 1.44 bits per heavy atom. The van der Waals surface area contributed by atoms with Crippen molar-refractivity contribution in [2.75, 3.05) is 33.8 Å². The SMILES string of the molecule is CNCCN(C)S(=O)(=O)c1ccc2c(c1)CCO2. The number of likely N-dealkylation sites (N-methyl/N-ethyl adjacent to an activating group) is 2. The number of sulfonamides is 1. The smallest absolute Gasteiger partial charge is 0.242 e. The summed E-state index contributed by atoms with van der Waals surface area (Å²) < 4.78 is 31.3. The van der Waals surface area contributed by atoms with Crippen LogP contribution in [-0.4, -0.2) is 46.5 Å². The maximum absolute atomic E-state index is 12.3. The summed E-state index contributed by atoms with van der Waals surface area (Å²) in [6.07, 6.45) is 0.777. The fraction of sp³-hybridized carbons (Fsp3) is 0.500. The average Bonchev–Trinajstić information content (AvgIpc) is 2.82. The molecule has 0 aliphatic carbocycles. The van der Waals surface area contributed by atoms with Gasteiger partial charge in [0.25, 0.3) is 0 Å². The summed E-state index contributed by atoms with van der Waals surface area (Å²) in [7, 11) is -0.00257. The lowest BCUT2D eigenvalue weighted by atomic mass is 10.2. The van der Waals surface area contributed by atoms with E-state index in [4.69, 9.17) is 4.74 Å². The lowest BCUT2D eigenvalue weighted by Gasteiger charge is -2.17. The molecule has 0 spiro atoms. The summed E-state index contributed by atoms with van der Waals surface area (Å²) in [6, 6.07) is 5.06. The molecule has 0 amide bonds. The zero-order valence-electron chi connectivity index (χ0n) is 10.6. The number of hydrogen-bond donors (Lipinski definition) is 1. The Morgan fingerprint density at radius 2 is 2.22 bits per heavy atom. The highest BCUT2D eigenvalue weighted by atomic mass is 32.2. The Morgan fingerprint density at radius 3 is 2.94 bits per heavy atom. The number of nitrogens with one attached hydrogen (secondary N) is 1. The first kappa shape index (κ1) is 13.3. The maximum atomic E-state index is 12.3. The van der Waals surface area contributed by atoms with Gasteiger partial charge in [0, 0.05) is 26.6 Å². The van der Waals surface area contributed by atoms with Gasteiger partial charge in [-0.05, 0) is 30.8 Å². The van der Waals surface area contributed by atoms with E-state index >= 15 is 0 Å². The first-order valence-corrected chi connectivity index (χ1v) is 7.36. The number of rotatable bonds is 5. The van der Waals surface area contributed by atoms with Gasteiger partial charge in [-0.2, -0.15) is 4.31 Å². The molecular formula is C12H18N2O3S. The minimum absolute atomic E-state index is 0.338. The van der Waals surface area contributed by atoms with Gasteiger partial charge in [0.2, 0.25) is 10.0 Å². The second kappa shape index (κ2) is 5.26. The Bertz CT molecular complexity index is 528. The van der Waals surface area contributed by atoms with Crippen molar-refractivity contribution < 1.29 is 13.2 Å². The molecule has 0 radical (unpaired) electrons. The van der Waals surface area contributed by atoms with Crippen molar-refractivity contribution in [1.82, 2.24) is 9.62 Å². The molecule has 5 nitrogen and oxygen atoms in total. The molecule has 0 bridgehead atoms. The van der Waals surface area contributed by atoms with E-state index in [0.29, 0.717) is 24.6 Å². The molecular weight excluding hydrogens is 252 g/mol. The van der Waals surface area contributed by atoms with Crippen molar-refractivity contribution in [3.63, 3.8) is 0 Å².